The monoisotopic (exact) mass is 279 g/mol. The molecule has 0 bridgehead atoms. The van der Waals surface area contributed by atoms with Crippen molar-refractivity contribution in [1.82, 2.24) is 15.5 Å². The van der Waals surface area contributed by atoms with Crippen LogP contribution in [-0.2, 0) is 4.79 Å². The average molecular weight is 279 g/mol. The highest BCUT2D eigenvalue weighted by Crippen LogP contribution is 2.22. The smallest absolute Gasteiger partial charge is 0.389 e. The average Bonchev–Trinajstić information content (AvgIpc) is 2.74. The summed E-state index contributed by atoms with van der Waals surface area (Å²) in [6.45, 7) is 5.30. The number of hydrogen-bond donors (Lipinski definition) is 1. The first-order valence-electron chi connectivity index (χ1n) is 5.88. The highest BCUT2D eigenvalue weighted by molar-refractivity contribution is 5.76. The van der Waals surface area contributed by atoms with Gasteiger partial charge in [-0.1, -0.05) is 13.8 Å². The Morgan fingerprint density at radius 1 is 1.26 bits per heavy atom. The number of aromatic nitrogens is 2. The van der Waals surface area contributed by atoms with Gasteiger partial charge in [-0.25, -0.2) is 0 Å². The Kier molecular flexibility index (Phi) is 4.90. The third-order valence-electron chi connectivity index (χ3n) is 2.33. The minimum atomic E-state index is -4.34. The number of carbonyl (C=O) groups is 1. The molecule has 0 radical (unpaired) electrons. The van der Waals surface area contributed by atoms with Crippen LogP contribution in [0.15, 0.2) is 4.42 Å². The van der Waals surface area contributed by atoms with E-state index in [1.54, 1.807) is 6.92 Å². The van der Waals surface area contributed by atoms with Crippen LogP contribution in [0.3, 0.4) is 0 Å². The molecule has 1 N–H and O–H groups in total. The van der Waals surface area contributed by atoms with Crippen LogP contribution in [0.25, 0.3) is 0 Å². The Hall–Kier alpha value is -1.60. The molecular weight excluding hydrogens is 263 g/mol. The van der Waals surface area contributed by atoms with Crippen molar-refractivity contribution in [3.05, 3.63) is 11.8 Å². The van der Waals surface area contributed by atoms with Crippen LogP contribution in [0, 0.1) is 0 Å². The third-order valence-corrected chi connectivity index (χ3v) is 2.33. The lowest BCUT2D eigenvalue weighted by atomic mass is 10.2. The van der Waals surface area contributed by atoms with Crippen LogP contribution in [0.1, 0.15) is 57.4 Å². The summed E-state index contributed by atoms with van der Waals surface area (Å²) >= 11 is 0. The van der Waals surface area contributed by atoms with E-state index in [0.717, 1.165) is 0 Å². The second-order valence-electron chi connectivity index (χ2n) is 4.54. The first kappa shape index (κ1) is 15.5. The molecule has 0 aliphatic rings. The van der Waals surface area contributed by atoms with Gasteiger partial charge in [0.2, 0.25) is 17.7 Å². The summed E-state index contributed by atoms with van der Waals surface area (Å²) in [5, 5.41) is 9.91. The molecule has 5 nitrogen and oxygen atoms in total. The maximum Gasteiger partial charge on any atom is 0.389 e. The molecule has 1 aromatic rings. The van der Waals surface area contributed by atoms with Gasteiger partial charge in [0, 0.05) is 12.3 Å². The van der Waals surface area contributed by atoms with Gasteiger partial charge in [0.25, 0.3) is 0 Å². The van der Waals surface area contributed by atoms with Crippen LogP contribution >= 0.6 is 0 Å². The zero-order valence-corrected chi connectivity index (χ0v) is 10.9. The van der Waals surface area contributed by atoms with Crippen molar-refractivity contribution in [2.75, 3.05) is 0 Å². The minimum Gasteiger partial charge on any atom is -0.423 e. The van der Waals surface area contributed by atoms with Crippen molar-refractivity contribution >= 4 is 5.91 Å². The Labute approximate surface area is 108 Å². The summed E-state index contributed by atoms with van der Waals surface area (Å²) < 4.78 is 41.1. The molecule has 0 spiro atoms. The lowest BCUT2D eigenvalue weighted by molar-refractivity contribution is -0.144. The molecule has 1 aromatic heterocycles. The van der Waals surface area contributed by atoms with Gasteiger partial charge >= 0.3 is 6.18 Å². The molecule has 1 heterocycles. The molecule has 1 rings (SSSR count). The van der Waals surface area contributed by atoms with Crippen LogP contribution in [-0.4, -0.2) is 22.3 Å². The fourth-order valence-corrected chi connectivity index (χ4v) is 1.29. The number of nitrogens with zero attached hydrogens (tertiary/aromatic N) is 2. The summed E-state index contributed by atoms with van der Waals surface area (Å²) in [6.07, 6.45) is -6.10. The van der Waals surface area contributed by atoms with E-state index in [-0.39, 0.29) is 11.8 Å². The van der Waals surface area contributed by atoms with Crippen LogP contribution in [0.4, 0.5) is 13.2 Å². The van der Waals surface area contributed by atoms with Crippen LogP contribution < -0.4 is 5.32 Å². The quantitative estimate of drug-likeness (QED) is 0.899. The number of hydrogen-bond acceptors (Lipinski definition) is 4. The highest BCUT2D eigenvalue weighted by atomic mass is 19.4. The van der Waals surface area contributed by atoms with E-state index in [1.165, 1.54) is 0 Å². The molecule has 8 heteroatoms. The van der Waals surface area contributed by atoms with Gasteiger partial charge < -0.3 is 9.73 Å². The zero-order valence-electron chi connectivity index (χ0n) is 10.9. The van der Waals surface area contributed by atoms with Gasteiger partial charge in [-0.05, 0) is 6.92 Å². The minimum absolute atomic E-state index is 0.0504. The maximum atomic E-state index is 11.9. The van der Waals surface area contributed by atoms with E-state index in [0.29, 0.717) is 5.89 Å². The first-order valence-corrected chi connectivity index (χ1v) is 5.88. The fraction of sp³-hybridized carbons (Fsp3) is 0.727. The summed E-state index contributed by atoms with van der Waals surface area (Å²) in [5.41, 5.74) is 0. The molecule has 0 aromatic carbocycles. The van der Waals surface area contributed by atoms with Crippen molar-refractivity contribution in [3.8, 4) is 0 Å². The van der Waals surface area contributed by atoms with E-state index in [1.807, 2.05) is 13.8 Å². The van der Waals surface area contributed by atoms with Gasteiger partial charge in [0.15, 0.2) is 0 Å². The van der Waals surface area contributed by atoms with E-state index in [2.05, 4.69) is 15.5 Å². The number of halogens is 3. The standard InChI is InChI=1S/C11H16F3N3O2/c1-6(2)9-16-17-10(19-9)7(3)15-8(18)4-5-11(12,13)14/h6-7H,4-5H2,1-3H3,(H,15,18)/t7-/m0/s1. The Bertz CT molecular complexity index is 429. The molecule has 0 aliphatic heterocycles. The summed E-state index contributed by atoms with van der Waals surface area (Å²) in [4.78, 5) is 11.3. The number of alkyl halides is 3. The maximum absolute atomic E-state index is 11.9. The largest absolute Gasteiger partial charge is 0.423 e. The normalized spacial score (nSPS) is 13.6. The van der Waals surface area contributed by atoms with Crippen molar-refractivity contribution in [2.45, 2.75) is 51.7 Å². The van der Waals surface area contributed by atoms with Crippen molar-refractivity contribution < 1.29 is 22.4 Å². The number of carbonyl (C=O) groups excluding carboxylic acids is 1. The molecule has 1 atom stereocenters. The van der Waals surface area contributed by atoms with Gasteiger partial charge in [-0.15, -0.1) is 10.2 Å². The molecule has 19 heavy (non-hydrogen) atoms. The van der Waals surface area contributed by atoms with Gasteiger partial charge in [-0.3, -0.25) is 4.79 Å². The predicted octanol–water partition coefficient (Wildman–Crippen LogP) is 2.71. The fourth-order valence-electron chi connectivity index (χ4n) is 1.29. The second-order valence-corrected chi connectivity index (χ2v) is 4.54. The number of amides is 1. The van der Waals surface area contributed by atoms with E-state index >= 15 is 0 Å². The van der Waals surface area contributed by atoms with Gasteiger partial charge in [-0.2, -0.15) is 13.2 Å². The highest BCUT2D eigenvalue weighted by Gasteiger charge is 2.28. The van der Waals surface area contributed by atoms with Gasteiger partial charge in [0.05, 0.1) is 6.42 Å². The van der Waals surface area contributed by atoms with Crippen LogP contribution in [0.2, 0.25) is 0 Å². The first-order chi connectivity index (χ1) is 8.69. The number of nitrogens with one attached hydrogen (secondary N) is 1. The SMILES string of the molecule is CC(C)c1nnc([C@H](C)NC(=O)CCC(F)(F)F)o1. The summed E-state index contributed by atoms with van der Waals surface area (Å²) in [5.74, 6) is -0.0426. The second kappa shape index (κ2) is 6.03. The predicted molar refractivity (Wildman–Crippen MR) is 60.2 cm³/mol. The molecule has 0 saturated carbocycles. The lowest BCUT2D eigenvalue weighted by Gasteiger charge is -2.10. The molecule has 1 amide bonds. The molecule has 0 saturated heterocycles. The van der Waals surface area contributed by atoms with Crippen molar-refractivity contribution in [1.29, 1.82) is 0 Å². The molecule has 0 fully saturated rings. The summed E-state index contributed by atoms with van der Waals surface area (Å²) in [7, 11) is 0. The van der Waals surface area contributed by atoms with E-state index < -0.39 is 31.0 Å². The van der Waals surface area contributed by atoms with Crippen LogP contribution in [0.5, 0.6) is 0 Å². The van der Waals surface area contributed by atoms with E-state index in [4.69, 9.17) is 4.42 Å². The Morgan fingerprint density at radius 2 is 1.84 bits per heavy atom. The Morgan fingerprint density at radius 3 is 2.32 bits per heavy atom. The molecule has 0 unspecified atom stereocenters. The molecular formula is C11H16F3N3O2. The zero-order chi connectivity index (χ0) is 14.6. The molecule has 108 valence electrons. The Balaban J connectivity index is 2.49. The molecule has 0 aliphatic carbocycles. The topological polar surface area (TPSA) is 68.0 Å². The van der Waals surface area contributed by atoms with Gasteiger partial charge in [0.1, 0.15) is 6.04 Å². The van der Waals surface area contributed by atoms with Crippen molar-refractivity contribution in [2.24, 2.45) is 0 Å². The lowest BCUT2D eigenvalue weighted by Crippen LogP contribution is -2.28. The summed E-state index contributed by atoms with van der Waals surface area (Å²) in [6, 6.07) is -0.610. The van der Waals surface area contributed by atoms with E-state index in [9.17, 15) is 18.0 Å². The number of rotatable bonds is 5. The third kappa shape index (κ3) is 5.27. The van der Waals surface area contributed by atoms with Crippen molar-refractivity contribution in [3.63, 3.8) is 0 Å².